The molecule has 1 aliphatic heterocycles. The Kier molecular flexibility index (Phi) is 4.97. The highest BCUT2D eigenvalue weighted by atomic mass is 16.2. The summed E-state index contributed by atoms with van der Waals surface area (Å²) in [4.78, 5) is 28.2. The first-order valence-corrected chi connectivity index (χ1v) is 8.75. The van der Waals surface area contributed by atoms with Crippen molar-refractivity contribution < 1.29 is 4.79 Å². The third-order valence-electron chi connectivity index (χ3n) is 4.82. The normalized spacial score (nSPS) is 17.4. The molecule has 1 amide bonds. The van der Waals surface area contributed by atoms with Crippen LogP contribution in [0.25, 0.3) is 0 Å². The minimum Gasteiger partial charge on any atom is -0.355 e. The van der Waals surface area contributed by atoms with Gasteiger partial charge in [0, 0.05) is 30.5 Å². The number of pyridine rings is 1. The molecule has 1 N–H and O–H groups in total. The number of aromatic nitrogens is 3. The van der Waals surface area contributed by atoms with Crippen molar-refractivity contribution in [1.29, 1.82) is 0 Å². The van der Waals surface area contributed by atoms with Crippen molar-refractivity contribution in [3.8, 4) is 0 Å². The van der Waals surface area contributed by atoms with Gasteiger partial charge in [-0.2, -0.15) is 0 Å². The molecule has 1 saturated heterocycles. The van der Waals surface area contributed by atoms with Crippen molar-refractivity contribution in [2.45, 2.75) is 40.5 Å². The number of rotatable bonds is 3. The third kappa shape index (κ3) is 3.78. The van der Waals surface area contributed by atoms with E-state index in [1.807, 2.05) is 39.8 Å². The summed E-state index contributed by atoms with van der Waals surface area (Å²) in [5.41, 5.74) is 3.06. The summed E-state index contributed by atoms with van der Waals surface area (Å²) < 4.78 is 0. The molecule has 0 aliphatic carbocycles. The first-order valence-electron chi connectivity index (χ1n) is 8.75. The van der Waals surface area contributed by atoms with Crippen LogP contribution in [0.5, 0.6) is 0 Å². The molecular weight excluding hydrogens is 314 g/mol. The first kappa shape index (κ1) is 17.3. The molecule has 0 radical (unpaired) electrons. The van der Waals surface area contributed by atoms with Crippen molar-refractivity contribution in [1.82, 2.24) is 15.0 Å². The zero-order chi connectivity index (χ0) is 18.0. The fourth-order valence-corrected chi connectivity index (χ4v) is 3.28. The van der Waals surface area contributed by atoms with Crippen LogP contribution in [0, 0.1) is 33.6 Å². The Balaban J connectivity index is 1.75. The zero-order valence-electron chi connectivity index (χ0n) is 15.3. The van der Waals surface area contributed by atoms with E-state index in [9.17, 15) is 4.79 Å². The molecule has 0 saturated carbocycles. The number of anilines is 2. The number of carbonyl (C=O) groups is 1. The fraction of sp³-hybridized carbons (Fsp3) is 0.474. The summed E-state index contributed by atoms with van der Waals surface area (Å²) in [6.07, 6.45) is 3.56. The zero-order valence-corrected chi connectivity index (χ0v) is 15.3. The Morgan fingerprint density at radius 1 is 1.24 bits per heavy atom. The van der Waals surface area contributed by atoms with Crippen LogP contribution in [0.4, 0.5) is 11.6 Å². The monoisotopic (exact) mass is 339 g/mol. The number of carbonyl (C=O) groups excluding carboxylic acids is 1. The molecule has 132 valence electrons. The molecule has 3 rings (SSSR count). The minimum atomic E-state index is -0.0647. The highest BCUT2D eigenvalue weighted by molar-refractivity contribution is 5.92. The van der Waals surface area contributed by atoms with E-state index in [0.29, 0.717) is 12.4 Å². The van der Waals surface area contributed by atoms with Gasteiger partial charge in [0.2, 0.25) is 5.91 Å². The van der Waals surface area contributed by atoms with Crippen molar-refractivity contribution in [3.05, 3.63) is 41.0 Å². The van der Waals surface area contributed by atoms with Gasteiger partial charge in [-0.1, -0.05) is 6.07 Å². The van der Waals surface area contributed by atoms with Gasteiger partial charge in [0.25, 0.3) is 0 Å². The minimum absolute atomic E-state index is 0.0339. The van der Waals surface area contributed by atoms with Gasteiger partial charge in [-0.25, -0.2) is 15.0 Å². The van der Waals surface area contributed by atoms with Crippen molar-refractivity contribution in [3.63, 3.8) is 0 Å². The second kappa shape index (κ2) is 7.17. The molecule has 6 heteroatoms. The molecular formula is C19H25N5O. The molecule has 1 aliphatic rings. The van der Waals surface area contributed by atoms with Crippen molar-refractivity contribution in [2.75, 3.05) is 23.3 Å². The molecule has 0 aromatic carbocycles. The largest absolute Gasteiger partial charge is 0.355 e. The third-order valence-corrected chi connectivity index (χ3v) is 4.82. The van der Waals surface area contributed by atoms with E-state index in [1.165, 1.54) is 0 Å². The van der Waals surface area contributed by atoms with Crippen LogP contribution in [0.2, 0.25) is 0 Å². The molecule has 1 unspecified atom stereocenters. The maximum absolute atomic E-state index is 12.7. The number of nitrogens with one attached hydrogen (secondary N) is 1. The average Bonchev–Trinajstić information content (AvgIpc) is 2.60. The van der Waals surface area contributed by atoms with Crippen LogP contribution in [-0.4, -0.2) is 33.9 Å². The van der Waals surface area contributed by atoms with Crippen molar-refractivity contribution in [2.24, 2.45) is 5.92 Å². The lowest BCUT2D eigenvalue weighted by Crippen LogP contribution is -2.41. The predicted octanol–water partition coefficient (Wildman–Crippen LogP) is 2.96. The van der Waals surface area contributed by atoms with E-state index in [0.717, 1.165) is 47.8 Å². The van der Waals surface area contributed by atoms with Gasteiger partial charge in [0.1, 0.15) is 17.5 Å². The Labute approximate surface area is 148 Å². The highest BCUT2D eigenvalue weighted by Gasteiger charge is 2.28. The van der Waals surface area contributed by atoms with Gasteiger partial charge in [-0.3, -0.25) is 4.79 Å². The summed E-state index contributed by atoms with van der Waals surface area (Å²) in [5, 5.41) is 2.98. The van der Waals surface area contributed by atoms with Crippen LogP contribution in [-0.2, 0) is 4.79 Å². The number of hydrogen-bond donors (Lipinski definition) is 1. The maximum atomic E-state index is 12.7. The smallest absolute Gasteiger partial charge is 0.230 e. The van der Waals surface area contributed by atoms with Crippen LogP contribution in [0.3, 0.4) is 0 Å². The van der Waals surface area contributed by atoms with Gasteiger partial charge in [0.05, 0.1) is 5.92 Å². The Bertz CT molecular complexity index is 789. The SMILES string of the molecule is Cc1nc(C)c(C)c(N2CCCC(C(=O)Nc3ncccc3C)C2)n1. The van der Waals surface area contributed by atoms with Crippen LogP contribution in [0.1, 0.15) is 35.5 Å². The van der Waals surface area contributed by atoms with Gasteiger partial charge in [-0.15, -0.1) is 0 Å². The topological polar surface area (TPSA) is 71.0 Å². The van der Waals surface area contributed by atoms with E-state index in [1.54, 1.807) is 6.20 Å². The number of aryl methyl sites for hydroxylation is 3. The van der Waals surface area contributed by atoms with E-state index in [2.05, 4.69) is 25.2 Å². The van der Waals surface area contributed by atoms with Crippen LogP contribution in [0.15, 0.2) is 18.3 Å². The first-order chi connectivity index (χ1) is 12.0. The highest BCUT2D eigenvalue weighted by Crippen LogP contribution is 2.26. The Morgan fingerprint density at radius 2 is 2.04 bits per heavy atom. The summed E-state index contributed by atoms with van der Waals surface area (Å²) in [7, 11) is 0. The van der Waals surface area contributed by atoms with Gasteiger partial charge < -0.3 is 10.2 Å². The van der Waals surface area contributed by atoms with Crippen LogP contribution < -0.4 is 10.2 Å². The molecule has 6 nitrogen and oxygen atoms in total. The Hall–Kier alpha value is -2.50. The lowest BCUT2D eigenvalue weighted by Gasteiger charge is -2.34. The summed E-state index contributed by atoms with van der Waals surface area (Å²) in [6.45, 7) is 9.51. The summed E-state index contributed by atoms with van der Waals surface area (Å²) >= 11 is 0. The second-order valence-electron chi connectivity index (χ2n) is 6.75. The molecule has 1 fully saturated rings. The average molecular weight is 339 g/mol. The number of amides is 1. The molecule has 2 aromatic rings. The van der Waals surface area contributed by atoms with Crippen molar-refractivity contribution >= 4 is 17.5 Å². The van der Waals surface area contributed by atoms with E-state index in [4.69, 9.17) is 0 Å². The lowest BCUT2D eigenvalue weighted by molar-refractivity contribution is -0.120. The Morgan fingerprint density at radius 3 is 2.80 bits per heavy atom. The predicted molar refractivity (Wildman–Crippen MR) is 98.8 cm³/mol. The fourth-order valence-electron chi connectivity index (χ4n) is 3.28. The molecule has 0 bridgehead atoms. The van der Waals surface area contributed by atoms with Gasteiger partial charge in [0.15, 0.2) is 0 Å². The standard InChI is InChI=1S/C19H25N5O/c1-12-7-5-9-20-17(12)23-19(25)16-8-6-10-24(11-16)18-13(2)14(3)21-15(4)22-18/h5,7,9,16H,6,8,10-11H2,1-4H3,(H,20,23,25). The van der Waals surface area contributed by atoms with E-state index in [-0.39, 0.29) is 11.8 Å². The number of piperidine rings is 1. The summed E-state index contributed by atoms with van der Waals surface area (Å²) in [6, 6.07) is 3.82. The quantitative estimate of drug-likeness (QED) is 0.931. The van der Waals surface area contributed by atoms with Gasteiger partial charge in [-0.05, 0) is 52.2 Å². The number of hydrogen-bond acceptors (Lipinski definition) is 5. The van der Waals surface area contributed by atoms with E-state index >= 15 is 0 Å². The second-order valence-corrected chi connectivity index (χ2v) is 6.75. The van der Waals surface area contributed by atoms with Gasteiger partial charge >= 0.3 is 0 Å². The summed E-state index contributed by atoms with van der Waals surface area (Å²) in [5.74, 6) is 2.34. The molecule has 2 aromatic heterocycles. The van der Waals surface area contributed by atoms with E-state index < -0.39 is 0 Å². The van der Waals surface area contributed by atoms with Crippen LogP contribution >= 0.6 is 0 Å². The molecule has 1 atom stereocenters. The maximum Gasteiger partial charge on any atom is 0.230 e. The number of nitrogens with zero attached hydrogens (tertiary/aromatic N) is 4. The molecule has 3 heterocycles. The molecule has 25 heavy (non-hydrogen) atoms. The molecule has 0 spiro atoms. The lowest BCUT2D eigenvalue weighted by atomic mass is 9.96.